The number of aromatic nitrogens is 3. The molecule has 0 radical (unpaired) electrons. The van der Waals surface area contributed by atoms with E-state index >= 15 is 0 Å². The van der Waals surface area contributed by atoms with Crippen LogP contribution < -0.4 is 9.47 Å². The van der Waals surface area contributed by atoms with Crippen LogP contribution >= 0.6 is 0 Å². The number of imidazole rings is 1. The average molecular weight is 340 g/mol. The van der Waals surface area contributed by atoms with E-state index in [2.05, 4.69) is 9.97 Å². The van der Waals surface area contributed by atoms with Crippen LogP contribution in [0.5, 0.6) is 11.5 Å². The molecule has 3 rings (SSSR count). The van der Waals surface area contributed by atoms with Crippen molar-refractivity contribution in [1.29, 1.82) is 0 Å². The smallest absolute Gasteiger partial charge is 0.255 e. The highest BCUT2D eigenvalue weighted by Gasteiger charge is 2.14. The molecule has 0 aliphatic carbocycles. The largest absolute Gasteiger partial charge is 0.493 e. The van der Waals surface area contributed by atoms with Crippen molar-refractivity contribution < 1.29 is 14.3 Å². The number of fused-ring (bicyclic) bond motifs is 1. The van der Waals surface area contributed by atoms with Gasteiger partial charge in [0.25, 0.3) is 5.91 Å². The van der Waals surface area contributed by atoms with Gasteiger partial charge >= 0.3 is 0 Å². The summed E-state index contributed by atoms with van der Waals surface area (Å²) in [5.41, 5.74) is 1.96. The Morgan fingerprint density at radius 1 is 1.24 bits per heavy atom. The third-order valence-corrected chi connectivity index (χ3v) is 3.90. The third kappa shape index (κ3) is 3.55. The maximum Gasteiger partial charge on any atom is 0.255 e. The Bertz CT molecular complexity index is 891. The lowest BCUT2D eigenvalue weighted by Gasteiger charge is -2.18. The first-order chi connectivity index (χ1) is 12.1. The number of amides is 1. The predicted molar refractivity (Wildman–Crippen MR) is 94.0 cm³/mol. The van der Waals surface area contributed by atoms with Crippen molar-refractivity contribution in [1.82, 2.24) is 19.4 Å². The Labute approximate surface area is 145 Å². The van der Waals surface area contributed by atoms with Gasteiger partial charge in [0, 0.05) is 20.3 Å². The van der Waals surface area contributed by atoms with Gasteiger partial charge in [-0.2, -0.15) is 0 Å². The van der Waals surface area contributed by atoms with Crippen LogP contribution in [-0.2, 0) is 7.05 Å². The van der Waals surface area contributed by atoms with E-state index in [1.165, 1.54) is 0 Å². The minimum absolute atomic E-state index is 0.122. The number of nitrogens with zero attached hydrogens (tertiary/aromatic N) is 4. The summed E-state index contributed by atoms with van der Waals surface area (Å²) in [5.74, 6) is 1.20. The maximum absolute atomic E-state index is 12.5. The number of benzene rings is 1. The number of carbonyl (C=O) groups is 1. The number of likely N-dealkylation sites (N-methyl/N-ethyl adjacent to an activating group) is 1. The number of para-hydroxylation sites is 2. The monoisotopic (exact) mass is 340 g/mol. The highest BCUT2D eigenvalue weighted by atomic mass is 16.5. The van der Waals surface area contributed by atoms with E-state index in [-0.39, 0.29) is 5.91 Å². The maximum atomic E-state index is 12.5. The van der Waals surface area contributed by atoms with Gasteiger partial charge in [0.15, 0.2) is 17.1 Å². The molecular weight excluding hydrogens is 320 g/mol. The van der Waals surface area contributed by atoms with Crippen molar-refractivity contribution in [3.05, 3.63) is 48.4 Å². The highest BCUT2D eigenvalue weighted by molar-refractivity contribution is 5.96. The SMILES string of the molecule is COc1ccccc1OCCN(C)C(=O)c1cnc2c(c1)ncn2C. The van der Waals surface area contributed by atoms with Crippen LogP contribution in [0, 0.1) is 0 Å². The van der Waals surface area contributed by atoms with Crippen molar-refractivity contribution in [2.45, 2.75) is 0 Å². The first-order valence-electron chi connectivity index (χ1n) is 7.88. The predicted octanol–water partition coefficient (Wildman–Crippen LogP) is 2.13. The summed E-state index contributed by atoms with van der Waals surface area (Å²) in [4.78, 5) is 22.7. The highest BCUT2D eigenvalue weighted by Crippen LogP contribution is 2.25. The minimum atomic E-state index is -0.122. The zero-order valence-corrected chi connectivity index (χ0v) is 14.5. The summed E-state index contributed by atoms with van der Waals surface area (Å²) in [7, 11) is 5.19. The zero-order chi connectivity index (χ0) is 17.8. The molecule has 0 N–H and O–H groups in total. The summed E-state index contributed by atoms with van der Waals surface area (Å²) in [6.45, 7) is 0.805. The van der Waals surface area contributed by atoms with Crippen LogP contribution in [-0.4, -0.2) is 52.7 Å². The molecule has 0 fully saturated rings. The summed E-state index contributed by atoms with van der Waals surface area (Å²) in [6, 6.07) is 9.17. The van der Waals surface area contributed by atoms with Crippen LogP contribution in [0.2, 0.25) is 0 Å². The number of aryl methyl sites for hydroxylation is 1. The number of ether oxygens (including phenoxy) is 2. The van der Waals surface area contributed by atoms with Gasteiger partial charge in [-0.15, -0.1) is 0 Å². The van der Waals surface area contributed by atoms with Gasteiger partial charge in [-0.1, -0.05) is 12.1 Å². The second kappa shape index (κ2) is 7.21. The van der Waals surface area contributed by atoms with Gasteiger partial charge in [-0.25, -0.2) is 9.97 Å². The van der Waals surface area contributed by atoms with Crippen LogP contribution in [0.15, 0.2) is 42.9 Å². The molecule has 1 aromatic carbocycles. The third-order valence-electron chi connectivity index (χ3n) is 3.90. The molecule has 0 aliphatic heterocycles. The zero-order valence-electron chi connectivity index (χ0n) is 14.5. The van der Waals surface area contributed by atoms with Crippen LogP contribution in [0.25, 0.3) is 11.2 Å². The molecule has 2 aromatic heterocycles. The molecule has 130 valence electrons. The fourth-order valence-corrected chi connectivity index (χ4v) is 2.49. The quantitative estimate of drug-likeness (QED) is 0.687. The number of methoxy groups -OCH3 is 1. The summed E-state index contributed by atoms with van der Waals surface area (Å²) < 4.78 is 12.8. The lowest BCUT2D eigenvalue weighted by atomic mass is 10.2. The molecule has 25 heavy (non-hydrogen) atoms. The number of pyridine rings is 1. The Morgan fingerprint density at radius 2 is 2.00 bits per heavy atom. The number of carbonyl (C=O) groups excluding carboxylic acids is 1. The molecule has 3 aromatic rings. The van der Waals surface area contributed by atoms with Crippen molar-refractivity contribution in [2.75, 3.05) is 27.3 Å². The molecule has 0 unspecified atom stereocenters. The summed E-state index contributed by atoms with van der Waals surface area (Å²) in [6.07, 6.45) is 3.25. The molecule has 7 heteroatoms. The normalized spacial score (nSPS) is 10.7. The lowest BCUT2D eigenvalue weighted by molar-refractivity contribution is 0.0773. The van der Waals surface area contributed by atoms with E-state index in [1.807, 2.05) is 35.9 Å². The Balaban J connectivity index is 1.61. The van der Waals surface area contributed by atoms with E-state index in [0.717, 1.165) is 5.65 Å². The van der Waals surface area contributed by atoms with Crippen molar-refractivity contribution >= 4 is 17.1 Å². The molecule has 2 heterocycles. The van der Waals surface area contributed by atoms with Gasteiger partial charge in [-0.3, -0.25) is 4.79 Å². The molecular formula is C18H20N4O3. The first-order valence-corrected chi connectivity index (χ1v) is 7.88. The second-order valence-corrected chi connectivity index (χ2v) is 5.65. The average Bonchev–Trinajstić information content (AvgIpc) is 3.01. The number of rotatable bonds is 6. The standard InChI is InChI=1S/C18H20N4O3/c1-21(8-9-25-16-7-5-4-6-15(16)24-3)18(23)13-10-14-17(19-11-13)22(2)12-20-14/h4-7,10-12H,8-9H2,1-3H3. The molecule has 0 aliphatic rings. The molecule has 0 atom stereocenters. The van der Waals surface area contributed by atoms with Gasteiger partial charge in [-0.05, 0) is 18.2 Å². The molecule has 0 saturated heterocycles. The molecule has 0 bridgehead atoms. The number of hydrogen-bond donors (Lipinski definition) is 0. The Morgan fingerprint density at radius 3 is 2.76 bits per heavy atom. The van der Waals surface area contributed by atoms with Gasteiger partial charge in [0.05, 0.1) is 25.5 Å². The fraction of sp³-hybridized carbons (Fsp3) is 0.278. The van der Waals surface area contributed by atoms with Crippen molar-refractivity contribution in [2.24, 2.45) is 7.05 Å². The van der Waals surface area contributed by atoms with Crippen LogP contribution in [0.1, 0.15) is 10.4 Å². The van der Waals surface area contributed by atoms with Gasteiger partial charge in [0.2, 0.25) is 0 Å². The van der Waals surface area contributed by atoms with Gasteiger partial charge < -0.3 is 18.9 Å². The molecule has 0 saturated carbocycles. The Hall–Kier alpha value is -3.09. The molecule has 7 nitrogen and oxygen atoms in total. The van der Waals surface area contributed by atoms with Crippen LogP contribution in [0.4, 0.5) is 0 Å². The van der Waals surface area contributed by atoms with Crippen molar-refractivity contribution in [3.63, 3.8) is 0 Å². The minimum Gasteiger partial charge on any atom is -0.493 e. The molecule has 1 amide bonds. The fourth-order valence-electron chi connectivity index (χ4n) is 2.49. The molecule has 0 spiro atoms. The lowest BCUT2D eigenvalue weighted by Crippen LogP contribution is -2.31. The van der Waals surface area contributed by atoms with Crippen molar-refractivity contribution in [3.8, 4) is 11.5 Å². The van der Waals surface area contributed by atoms with E-state index in [4.69, 9.17) is 9.47 Å². The Kier molecular flexibility index (Phi) is 4.83. The second-order valence-electron chi connectivity index (χ2n) is 5.65. The summed E-state index contributed by atoms with van der Waals surface area (Å²) in [5, 5.41) is 0. The number of hydrogen-bond acceptors (Lipinski definition) is 5. The van der Waals surface area contributed by atoms with Crippen LogP contribution in [0.3, 0.4) is 0 Å². The van der Waals surface area contributed by atoms with E-state index in [1.54, 1.807) is 37.6 Å². The van der Waals surface area contributed by atoms with Gasteiger partial charge in [0.1, 0.15) is 12.1 Å². The van der Waals surface area contributed by atoms with E-state index in [9.17, 15) is 4.79 Å². The topological polar surface area (TPSA) is 69.5 Å². The first kappa shape index (κ1) is 16.8. The van der Waals surface area contributed by atoms with E-state index in [0.29, 0.717) is 35.7 Å². The summed E-state index contributed by atoms with van der Waals surface area (Å²) >= 11 is 0. The van der Waals surface area contributed by atoms with E-state index < -0.39 is 0 Å².